The van der Waals surface area contributed by atoms with E-state index in [1.807, 2.05) is 0 Å². The third kappa shape index (κ3) is 3.28. The van der Waals surface area contributed by atoms with E-state index in [2.05, 4.69) is 15.5 Å². The van der Waals surface area contributed by atoms with E-state index in [4.69, 9.17) is 4.52 Å². The van der Waals surface area contributed by atoms with Crippen LogP contribution in [0.5, 0.6) is 0 Å². The van der Waals surface area contributed by atoms with Crippen LogP contribution in [-0.4, -0.2) is 46.5 Å². The van der Waals surface area contributed by atoms with Crippen LogP contribution in [-0.2, 0) is 9.59 Å². The molecule has 2 fully saturated rings. The molecular formula is C15H22N4O3. The van der Waals surface area contributed by atoms with Crippen molar-refractivity contribution in [3.05, 3.63) is 11.7 Å². The first-order valence-corrected chi connectivity index (χ1v) is 7.99. The Morgan fingerprint density at radius 3 is 2.77 bits per heavy atom. The fraction of sp³-hybridized carbons (Fsp3) is 0.733. The van der Waals surface area contributed by atoms with Crippen molar-refractivity contribution in [2.75, 3.05) is 19.6 Å². The normalized spacial score (nSPS) is 22.2. The summed E-state index contributed by atoms with van der Waals surface area (Å²) in [7, 11) is 0. The lowest BCUT2D eigenvalue weighted by Gasteiger charge is -2.15. The van der Waals surface area contributed by atoms with Crippen molar-refractivity contribution in [3.8, 4) is 0 Å². The molecule has 1 aliphatic heterocycles. The molecule has 1 saturated carbocycles. The Labute approximate surface area is 129 Å². The zero-order valence-electron chi connectivity index (χ0n) is 12.9. The van der Waals surface area contributed by atoms with E-state index in [0.29, 0.717) is 24.9 Å². The van der Waals surface area contributed by atoms with Gasteiger partial charge in [0.1, 0.15) is 0 Å². The predicted octanol–water partition coefficient (Wildman–Crippen LogP) is 1.18. The third-order valence-electron chi connectivity index (χ3n) is 4.56. The van der Waals surface area contributed by atoms with Crippen molar-refractivity contribution in [2.45, 2.75) is 50.9 Å². The van der Waals surface area contributed by atoms with Gasteiger partial charge in [-0.05, 0) is 19.3 Å². The van der Waals surface area contributed by atoms with E-state index in [0.717, 1.165) is 25.1 Å². The summed E-state index contributed by atoms with van der Waals surface area (Å²) in [6, 6.07) is 0. The Hall–Kier alpha value is -1.92. The lowest BCUT2D eigenvalue weighted by atomic mass is 10.1. The molecule has 2 amide bonds. The van der Waals surface area contributed by atoms with Crippen LogP contribution in [0.25, 0.3) is 0 Å². The monoisotopic (exact) mass is 306 g/mol. The second-order valence-corrected chi connectivity index (χ2v) is 6.21. The molecule has 0 radical (unpaired) electrons. The minimum Gasteiger partial charge on any atom is -0.347 e. The van der Waals surface area contributed by atoms with Gasteiger partial charge in [-0.25, -0.2) is 0 Å². The van der Waals surface area contributed by atoms with Gasteiger partial charge in [0, 0.05) is 25.9 Å². The predicted molar refractivity (Wildman–Crippen MR) is 78.1 cm³/mol. The van der Waals surface area contributed by atoms with Gasteiger partial charge in [-0.2, -0.15) is 4.98 Å². The second kappa shape index (κ2) is 6.46. The zero-order chi connectivity index (χ0) is 15.5. The van der Waals surface area contributed by atoms with Crippen LogP contribution in [0.1, 0.15) is 62.6 Å². The quantitative estimate of drug-likeness (QED) is 0.902. The lowest BCUT2D eigenvalue weighted by molar-refractivity contribution is -0.131. The summed E-state index contributed by atoms with van der Waals surface area (Å²) in [5, 5.41) is 6.66. The highest BCUT2D eigenvalue weighted by Gasteiger charge is 2.32. The molecule has 1 unspecified atom stereocenters. The highest BCUT2D eigenvalue weighted by Crippen LogP contribution is 2.34. The van der Waals surface area contributed by atoms with E-state index in [9.17, 15) is 9.59 Å². The van der Waals surface area contributed by atoms with Crippen LogP contribution in [0, 0.1) is 0 Å². The van der Waals surface area contributed by atoms with Gasteiger partial charge in [0.15, 0.2) is 5.82 Å². The Morgan fingerprint density at radius 1 is 1.27 bits per heavy atom. The molecule has 1 aromatic rings. The molecule has 120 valence electrons. The molecule has 2 heterocycles. The number of hydrogen-bond donors (Lipinski definition) is 1. The van der Waals surface area contributed by atoms with Gasteiger partial charge in [-0.3, -0.25) is 9.59 Å². The standard InChI is InChI=1S/C15H22N4O3/c1-10(20)16-8-13(21)19-7-6-12(9-19)15-17-14(18-22-15)11-4-2-3-5-11/h11-12H,2-9H2,1H3,(H,16,20). The number of hydrogen-bond acceptors (Lipinski definition) is 5. The maximum absolute atomic E-state index is 12.0. The zero-order valence-corrected chi connectivity index (χ0v) is 12.9. The molecular weight excluding hydrogens is 284 g/mol. The van der Waals surface area contributed by atoms with Gasteiger partial charge in [0.25, 0.3) is 0 Å². The lowest BCUT2D eigenvalue weighted by Crippen LogP contribution is -2.38. The van der Waals surface area contributed by atoms with Crippen molar-refractivity contribution < 1.29 is 14.1 Å². The number of carbonyl (C=O) groups is 2. The minimum absolute atomic E-state index is 0.0548. The summed E-state index contributed by atoms with van der Waals surface area (Å²) >= 11 is 0. The summed E-state index contributed by atoms with van der Waals surface area (Å²) in [6.07, 6.45) is 5.60. The highest BCUT2D eigenvalue weighted by atomic mass is 16.5. The van der Waals surface area contributed by atoms with Crippen LogP contribution < -0.4 is 5.32 Å². The van der Waals surface area contributed by atoms with Gasteiger partial charge >= 0.3 is 0 Å². The van der Waals surface area contributed by atoms with Crippen molar-refractivity contribution in [1.82, 2.24) is 20.4 Å². The first-order chi connectivity index (χ1) is 10.6. The summed E-state index contributed by atoms with van der Waals surface area (Å²) < 4.78 is 5.42. The molecule has 1 saturated heterocycles. The van der Waals surface area contributed by atoms with E-state index in [-0.39, 0.29) is 24.3 Å². The minimum atomic E-state index is -0.192. The molecule has 0 bridgehead atoms. The van der Waals surface area contributed by atoms with E-state index >= 15 is 0 Å². The molecule has 1 aromatic heterocycles. The number of nitrogens with one attached hydrogen (secondary N) is 1. The Balaban J connectivity index is 1.56. The fourth-order valence-electron chi connectivity index (χ4n) is 3.26. The van der Waals surface area contributed by atoms with Crippen LogP contribution in [0.4, 0.5) is 0 Å². The average Bonchev–Trinajstić information content (AvgIpc) is 3.23. The van der Waals surface area contributed by atoms with Crippen molar-refractivity contribution in [3.63, 3.8) is 0 Å². The van der Waals surface area contributed by atoms with Crippen molar-refractivity contribution in [2.24, 2.45) is 0 Å². The largest absolute Gasteiger partial charge is 0.347 e. The number of aromatic nitrogens is 2. The van der Waals surface area contributed by atoms with Gasteiger partial charge in [0.05, 0.1) is 12.5 Å². The summed E-state index contributed by atoms with van der Waals surface area (Å²) in [4.78, 5) is 29.2. The van der Waals surface area contributed by atoms with E-state index in [1.54, 1.807) is 4.90 Å². The van der Waals surface area contributed by atoms with Crippen molar-refractivity contribution in [1.29, 1.82) is 0 Å². The summed E-state index contributed by atoms with van der Waals surface area (Å²) in [6.45, 7) is 2.72. The summed E-state index contributed by atoms with van der Waals surface area (Å²) in [5.74, 6) is 1.78. The number of rotatable bonds is 4. The molecule has 3 rings (SSSR count). The number of likely N-dealkylation sites (tertiary alicyclic amines) is 1. The molecule has 0 spiro atoms. The highest BCUT2D eigenvalue weighted by molar-refractivity contribution is 5.83. The molecule has 1 aliphatic carbocycles. The molecule has 1 atom stereocenters. The van der Waals surface area contributed by atoms with Crippen LogP contribution in [0.3, 0.4) is 0 Å². The molecule has 2 aliphatic rings. The maximum Gasteiger partial charge on any atom is 0.241 e. The second-order valence-electron chi connectivity index (χ2n) is 6.21. The molecule has 22 heavy (non-hydrogen) atoms. The number of carbonyl (C=O) groups excluding carboxylic acids is 2. The Morgan fingerprint density at radius 2 is 2.05 bits per heavy atom. The van der Waals surface area contributed by atoms with Crippen LogP contribution in [0.2, 0.25) is 0 Å². The van der Waals surface area contributed by atoms with Crippen LogP contribution >= 0.6 is 0 Å². The van der Waals surface area contributed by atoms with Gasteiger partial charge in [-0.15, -0.1) is 0 Å². The molecule has 0 aromatic carbocycles. The smallest absolute Gasteiger partial charge is 0.241 e. The Bertz CT molecular complexity index is 551. The van der Waals surface area contributed by atoms with Gasteiger partial charge < -0.3 is 14.7 Å². The summed E-state index contributed by atoms with van der Waals surface area (Å²) in [5.41, 5.74) is 0. The first-order valence-electron chi connectivity index (χ1n) is 7.99. The molecule has 7 nitrogen and oxygen atoms in total. The van der Waals surface area contributed by atoms with Crippen molar-refractivity contribution >= 4 is 11.8 Å². The third-order valence-corrected chi connectivity index (χ3v) is 4.56. The molecule has 1 N–H and O–H groups in total. The Kier molecular flexibility index (Phi) is 4.40. The first kappa shape index (κ1) is 15.0. The van der Waals surface area contributed by atoms with Gasteiger partial charge in [0.2, 0.25) is 17.7 Å². The van der Waals surface area contributed by atoms with E-state index in [1.165, 1.54) is 19.8 Å². The molecule has 7 heteroatoms. The topological polar surface area (TPSA) is 88.3 Å². The average molecular weight is 306 g/mol. The maximum atomic E-state index is 12.0. The number of amides is 2. The van der Waals surface area contributed by atoms with Crippen LogP contribution in [0.15, 0.2) is 4.52 Å². The fourth-order valence-corrected chi connectivity index (χ4v) is 3.26. The van der Waals surface area contributed by atoms with Gasteiger partial charge in [-0.1, -0.05) is 18.0 Å². The van der Waals surface area contributed by atoms with E-state index < -0.39 is 0 Å². The number of nitrogens with zero attached hydrogens (tertiary/aromatic N) is 3. The SMILES string of the molecule is CC(=O)NCC(=O)N1CCC(c2nc(C3CCCC3)no2)C1.